The quantitative estimate of drug-likeness (QED) is 0.173. The SMILES string of the molecule is CCOc1ccc(S(=O)(=O)N(CC(=O)N(Cc2cccc(C)c2)[C@H](Cc2ccccc2)C(=O)NC2CCCC2)c2ccccc2)cc1. The van der Waals surface area contributed by atoms with Crippen LogP contribution in [0.1, 0.15) is 49.3 Å². The van der Waals surface area contributed by atoms with Gasteiger partial charge in [0.2, 0.25) is 11.8 Å². The summed E-state index contributed by atoms with van der Waals surface area (Å²) in [4.78, 5) is 30.3. The molecule has 2 amide bonds. The van der Waals surface area contributed by atoms with Crippen LogP contribution in [-0.4, -0.2) is 50.4 Å². The number of rotatable bonds is 14. The van der Waals surface area contributed by atoms with Gasteiger partial charge in [-0.3, -0.25) is 13.9 Å². The monoisotopic (exact) mass is 653 g/mol. The van der Waals surface area contributed by atoms with Gasteiger partial charge in [0.25, 0.3) is 10.0 Å². The normalized spacial score (nSPS) is 13.9. The van der Waals surface area contributed by atoms with Crippen molar-refractivity contribution in [2.24, 2.45) is 0 Å². The number of hydrogen-bond donors (Lipinski definition) is 1. The van der Waals surface area contributed by atoms with Crippen molar-refractivity contribution in [1.29, 1.82) is 0 Å². The molecule has 0 bridgehead atoms. The predicted octanol–water partition coefficient (Wildman–Crippen LogP) is 6.29. The van der Waals surface area contributed by atoms with Gasteiger partial charge in [0, 0.05) is 19.0 Å². The van der Waals surface area contributed by atoms with Crippen molar-refractivity contribution in [2.45, 2.75) is 69.5 Å². The van der Waals surface area contributed by atoms with Crippen molar-refractivity contribution < 1.29 is 22.7 Å². The highest BCUT2D eigenvalue weighted by molar-refractivity contribution is 7.92. The Kier molecular flexibility index (Phi) is 11.3. The van der Waals surface area contributed by atoms with E-state index >= 15 is 0 Å². The summed E-state index contributed by atoms with van der Waals surface area (Å²) in [6.45, 7) is 3.93. The molecule has 1 aliphatic rings. The molecule has 5 rings (SSSR count). The molecule has 9 heteroatoms. The number of ether oxygens (including phenoxy) is 1. The lowest BCUT2D eigenvalue weighted by atomic mass is 10.0. The number of benzene rings is 4. The first-order valence-electron chi connectivity index (χ1n) is 16.2. The number of para-hydroxylation sites is 1. The Labute approximate surface area is 278 Å². The molecule has 4 aromatic carbocycles. The van der Waals surface area contributed by atoms with E-state index in [1.165, 1.54) is 12.1 Å². The summed E-state index contributed by atoms with van der Waals surface area (Å²) in [5.74, 6) is -0.162. The summed E-state index contributed by atoms with van der Waals surface area (Å²) >= 11 is 0. The van der Waals surface area contributed by atoms with Crippen LogP contribution in [-0.2, 0) is 32.6 Å². The first kappa shape index (κ1) is 33.7. The van der Waals surface area contributed by atoms with Gasteiger partial charge in [-0.15, -0.1) is 0 Å². The second-order valence-corrected chi connectivity index (χ2v) is 13.8. The second-order valence-electron chi connectivity index (χ2n) is 12.0. The number of anilines is 1. The fraction of sp³-hybridized carbons (Fsp3) is 0.316. The van der Waals surface area contributed by atoms with E-state index in [9.17, 15) is 18.0 Å². The molecule has 1 N–H and O–H groups in total. The highest BCUT2D eigenvalue weighted by atomic mass is 32.2. The molecular weight excluding hydrogens is 611 g/mol. The molecule has 0 saturated heterocycles. The smallest absolute Gasteiger partial charge is 0.264 e. The molecule has 246 valence electrons. The van der Waals surface area contributed by atoms with Gasteiger partial charge >= 0.3 is 0 Å². The maximum Gasteiger partial charge on any atom is 0.264 e. The van der Waals surface area contributed by atoms with Crippen LogP contribution in [0.25, 0.3) is 0 Å². The van der Waals surface area contributed by atoms with Crippen molar-refractivity contribution in [2.75, 3.05) is 17.5 Å². The Balaban J connectivity index is 1.54. The fourth-order valence-corrected chi connectivity index (χ4v) is 7.47. The topological polar surface area (TPSA) is 96.0 Å². The minimum absolute atomic E-state index is 0.0302. The highest BCUT2D eigenvalue weighted by Crippen LogP contribution is 2.27. The molecule has 1 aliphatic carbocycles. The van der Waals surface area contributed by atoms with Gasteiger partial charge in [-0.25, -0.2) is 8.42 Å². The molecule has 0 aromatic heterocycles. The second kappa shape index (κ2) is 15.8. The van der Waals surface area contributed by atoms with Gasteiger partial charge in [-0.2, -0.15) is 0 Å². The molecule has 0 heterocycles. The van der Waals surface area contributed by atoms with E-state index in [-0.39, 0.29) is 29.8 Å². The molecule has 0 spiro atoms. The number of carbonyl (C=O) groups is 2. The highest BCUT2D eigenvalue weighted by Gasteiger charge is 2.35. The van der Waals surface area contributed by atoms with Crippen LogP contribution in [0.5, 0.6) is 5.75 Å². The zero-order valence-electron chi connectivity index (χ0n) is 27.0. The molecule has 0 unspecified atom stereocenters. The number of nitrogens with zero attached hydrogens (tertiary/aromatic N) is 2. The lowest BCUT2D eigenvalue weighted by Crippen LogP contribution is -2.54. The van der Waals surface area contributed by atoms with Crippen LogP contribution in [0.3, 0.4) is 0 Å². The van der Waals surface area contributed by atoms with Crippen LogP contribution in [0.15, 0.2) is 114 Å². The molecule has 4 aromatic rings. The van der Waals surface area contributed by atoms with E-state index in [1.807, 2.05) is 68.4 Å². The average molecular weight is 654 g/mol. The Bertz CT molecular complexity index is 1720. The van der Waals surface area contributed by atoms with E-state index in [2.05, 4.69) is 5.32 Å². The molecule has 8 nitrogen and oxygen atoms in total. The van der Waals surface area contributed by atoms with Gasteiger partial charge in [0.15, 0.2) is 0 Å². The van der Waals surface area contributed by atoms with Crippen LogP contribution >= 0.6 is 0 Å². The Hall–Kier alpha value is -4.63. The third-order valence-electron chi connectivity index (χ3n) is 8.45. The van der Waals surface area contributed by atoms with E-state index in [0.29, 0.717) is 18.0 Å². The minimum Gasteiger partial charge on any atom is -0.494 e. The van der Waals surface area contributed by atoms with Crippen LogP contribution in [0, 0.1) is 6.92 Å². The third-order valence-corrected chi connectivity index (χ3v) is 10.2. The fourth-order valence-electron chi connectivity index (χ4n) is 6.05. The van der Waals surface area contributed by atoms with Crippen LogP contribution in [0.4, 0.5) is 5.69 Å². The van der Waals surface area contributed by atoms with Crippen LogP contribution < -0.4 is 14.4 Å². The molecule has 1 saturated carbocycles. The van der Waals surface area contributed by atoms with Gasteiger partial charge < -0.3 is 15.0 Å². The number of hydrogen-bond acceptors (Lipinski definition) is 5. The van der Waals surface area contributed by atoms with Gasteiger partial charge in [0.1, 0.15) is 18.3 Å². The van der Waals surface area contributed by atoms with Gasteiger partial charge in [0.05, 0.1) is 17.2 Å². The molecule has 1 atom stereocenters. The zero-order valence-corrected chi connectivity index (χ0v) is 27.9. The number of sulfonamides is 1. The Morgan fingerprint density at radius 3 is 2.13 bits per heavy atom. The van der Waals surface area contributed by atoms with E-state index in [4.69, 9.17) is 4.74 Å². The maximum absolute atomic E-state index is 14.6. The molecule has 47 heavy (non-hydrogen) atoms. The number of nitrogens with one attached hydrogen (secondary N) is 1. The lowest BCUT2D eigenvalue weighted by molar-refractivity contribution is -0.140. The maximum atomic E-state index is 14.6. The summed E-state index contributed by atoms with van der Waals surface area (Å²) in [6, 6.07) is 31.4. The van der Waals surface area contributed by atoms with Crippen molar-refractivity contribution in [3.63, 3.8) is 0 Å². The number of carbonyl (C=O) groups excluding carboxylic acids is 2. The third kappa shape index (κ3) is 8.80. The predicted molar refractivity (Wildman–Crippen MR) is 185 cm³/mol. The summed E-state index contributed by atoms with van der Waals surface area (Å²) in [7, 11) is -4.19. The van der Waals surface area contributed by atoms with Crippen LogP contribution in [0.2, 0.25) is 0 Å². The zero-order chi connectivity index (χ0) is 33.2. The van der Waals surface area contributed by atoms with Gasteiger partial charge in [-0.1, -0.05) is 91.2 Å². The van der Waals surface area contributed by atoms with E-state index in [1.54, 1.807) is 47.4 Å². The van der Waals surface area contributed by atoms with E-state index < -0.39 is 28.5 Å². The first-order chi connectivity index (χ1) is 22.7. The van der Waals surface area contributed by atoms with E-state index in [0.717, 1.165) is 46.7 Å². The van der Waals surface area contributed by atoms with Crippen molar-refractivity contribution >= 4 is 27.5 Å². The Morgan fingerprint density at radius 1 is 0.851 bits per heavy atom. The molecule has 1 fully saturated rings. The summed E-state index contributed by atoms with van der Waals surface area (Å²) in [6.07, 6.45) is 4.19. The molecular formula is C38H43N3O5S. The average Bonchev–Trinajstić information content (AvgIpc) is 3.59. The molecule has 0 aliphatic heterocycles. The van der Waals surface area contributed by atoms with Crippen molar-refractivity contribution in [3.8, 4) is 5.75 Å². The van der Waals surface area contributed by atoms with Gasteiger partial charge in [-0.05, 0) is 74.2 Å². The summed E-state index contributed by atoms with van der Waals surface area (Å²) in [5, 5.41) is 3.21. The largest absolute Gasteiger partial charge is 0.494 e. The van der Waals surface area contributed by atoms with Crippen molar-refractivity contribution in [1.82, 2.24) is 10.2 Å². The van der Waals surface area contributed by atoms with Crippen molar-refractivity contribution in [3.05, 3.63) is 126 Å². The minimum atomic E-state index is -4.19. The number of amides is 2. The lowest BCUT2D eigenvalue weighted by Gasteiger charge is -2.34. The summed E-state index contributed by atoms with van der Waals surface area (Å²) < 4.78 is 35.1. The number of aryl methyl sites for hydroxylation is 1. The first-order valence-corrected chi connectivity index (χ1v) is 17.7. The summed E-state index contributed by atoms with van der Waals surface area (Å²) in [5.41, 5.74) is 3.13. The molecule has 0 radical (unpaired) electrons. The Morgan fingerprint density at radius 2 is 1.49 bits per heavy atom. The standard InChI is InChI=1S/C38H43N3O5S/c1-3-46-34-21-23-35(24-22-34)47(44,45)41(33-19-8-5-9-20-33)28-37(42)40(27-31-16-12-13-29(2)25-31)36(26-30-14-6-4-7-15-30)38(43)39-32-17-10-11-18-32/h4-9,12-16,19-25,32,36H,3,10-11,17-18,26-28H2,1-2H3,(H,39,43)/t36-/m1/s1.